The van der Waals surface area contributed by atoms with Gasteiger partial charge in [0, 0.05) is 10.8 Å². The molecule has 0 aliphatic rings. The number of carboxylic acid groups (broad SMARTS) is 2. The number of nitrogens with zero attached hydrogens (tertiary/aromatic N) is 2. The summed E-state index contributed by atoms with van der Waals surface area (Å²) in [6.45, 7) is 0. The van der Waals surface area contributed by atoms with Gasteiger partial charge in [0.05, 0.1) is 29.6 Å². The number of hydrogen-bond acceptors (Lipinski definition) is 5. The highest BCUT2D eigenvalue weighted by atomic mass is 16.5. The first kappa shape index (κ1) is 17.1. The Labute approximate surface area is 148 Å². The molecule has 0 fully saturated rings. The fraction of sp³-hybridized carbons (Fsp3) is 0.0526. The molecule has 0 bridgehead atoms. The van der Waals surface area contributed by atoms with E-state index in [0.717, 1.165) is 16.8 Å². The van der Waals surface area contributed by atoms with Crippen molar-refractivity contribution in [1.82, 2.24) is 0 Å². The first-order valence-corrected chi connectivity index (χ1v) is 7.59. The van der Waals surface area contributed by atoms with Crippen LogP contribution in [0.3, 0.4) is 0 Å². The number of methoxy groups -OCH3 is 1. The van der Waals surface area contributed by atoms with E-state index in [9.17, 15) is 9.59 Å². The highest BCUT2D eigenvalue weighted by Gasteiger charge is 2.11. The van der Waals surface area contributed by atoms with Gasteiger partial charge in [-0.3, -0.25) is 0 Å². The van der Waals surface area contributed by atoms with Crippen molar-refractivity contribution in [3.63, 3.8) is 0 Å². The van der Waals surface area contributed by atoms with Crippen LogP contribution in [0.15, 0.2) is 64.8 Å². The van der Waals surface area contributed by atoms with Gasteiger partial charge in [0.2, 0.25) is 0 Å². The Morgan fingerprint density at radius 1 is 0.846 bits per heavy atom. The molecule has 0 aliphatic heterocycles. The van der Waals surface area contributed by atoms with E-state index in [4.69, 9.17) is 14.9 Å². The Morgan fingerprint density at radius 3 is 2.04 bits per heavy atom. The first-order chi connectivity index (χ1) is 12.5. The zero-order valence-corrected chi connectivity index (χ0v) is 13.7. The zero-order valence-electron chi connectivity index (χ0n) is 13.7. The normalized spacial score (nSPS) is 11.0. The predicted molar refractivity (Wildman–Crippen MR) is 95.0 cm³/mol. The van der Waals surface area contributed by atoms with Crippen molar-refractivity contribution in [1.29, 1.82) is 0 Å². The summed E-state index contributed by atoms with van der Waals surface area (Å²) < 4.78 is 5.33. The van der Waals surface area contributed by atoms with E-state index in [1.54, 1.807) is 19.2 Å². The van der Waals surface area contributed by atoms with E-state index in [1.165, 1.54) is 12.1 Å². The van der Waals surface area contributed by atoms with Crippen molar-refractivity contribution >= 4 is 34.1 Å². The van der Waals surface area contributed by atoms with Gasteiger partial charge in [-0.1, -0.05) is 24.3 Å². The van der Waals surface area contributed by atoms with Crippen molar-refractivity contribution in [2.45, 2.75) is 0 Å². The Kier molecular flexibility index (Phi) is 4.62. The summed E-state index contributed by atoms with van der Waals surface area (Å²) >= 11 is 0. The first-order valence-electron chi connectivity index (χ1n) is 7.59. The van der Waals surface area contributed by atoms with Crippen LogP contribution in [0.4, 0.5) is 11.4 Å². The molecule has 3 aromatic rings. The lowest BCUT2D eigenvalue weighted by Crippen LogP contribution is -2.01. The molecule has 3 rings (SSSR count). The number of hydrogen-bond donors (Lipinski definition) is 2. The second-order valence-corrected chi connectivity index (χ2v) is 5.41. The van der Waals surface area contributed by atoms with Crippen molar-refractivity contribution in [3.8, 4) is 5.75 Å². The van der Waals surface area contributed by atoms with E-state index >= 15 is 0 Å². The molecule has 26 heavy (non-hydrogen) atoms. The molecule has 7 heteroatoms. The largest absolute Gasteiger partial charge is 0.496 e. The molecule has 0 unspecified atom stereocenters. The predicted octanol–water partition coefficient (Wildman–Crippen LogP) is 4.66. The molecular weight excluding hydrogens is 336 g/mol. The monoisotopic (exact) mass is 350 g/mol. The quantitative estimate of drug-likeness (QED) is 0.651. The zero-order chi connectivity index (χ0) is 18.7. The lowest BCUT2D eigenvalue weighted by molar-refractivity contribution is 0.0696. The second-order valence-electron chi connectivity index (χ2n) is 5.41. The summed E-state index contributed by atoms with van der Waals surface area (Å²) in [5.41, 5.74) is 0.359. The summed E-state index contributed by atoms with van der Waals surface area (Å²) in [6.07, 6.45) is 0. The molecule has 3 aromatic carbocycles. The molecule has 0 saturated heterocycles. The molecule has 2 N–H and O–H groups in total. The van der Waals surface area contributed by atoms with Gasteiger partial charge in [-0.05, 0) is 30.3 Å². The average Bonchev–Trinajstić information content (AvgIpc) is 2.65. The summed E-state index contributed by atoms with van der Waals surface area (Å²) in [5.74, 6) is -1.78. The molecule has 0 radical (unpaired) electrons. The lowest BCUT2D eigenvalue weighted by Gasteiger charge is -2.07. The third kappa shape index (κ3) is 3.36. The minimum atomic E-state index is -1.24. The van der Waals surface area contributed by atoms with Crippen LogP contribution in [0.1, 0.15) is 20.7 Å². The number of azo groups is 1. The van der Waals surface area contributed by atoms with Gasteiger partial charge >= 0.3 is 11.9 Å². The lowest BCUT2D eigenvalue weighted by atomic mass is 10.1. The van der Waals surface area contributed by atoms with E-state index in [1.807, 2.05) is 24.3 Å². The molecule has 7 nitrogen and oxygen atoms in total. The van der Waals surface area contributed by atoms with Gasteiger partial charge in [-0.2, -0.15) is 5.11 Å². The van der Waals surface area contributed by atoms with Crippen molar-refractivity contribution in [2.24, 2.45) is 10.2 Å². The number of ether oxygens (including phenoxy) is 1. The molecule has 0 amide bonds. The van der Waals surface area contributed by atoms with Crippen molar-refractivity contribution in [3.05, 3.63) is 65.7 Å². The van der Waals surface area contributed by atoms with Gasteiger partial charge in [0.15, 0.2) is 0 Å². The van der Waals surface area contributed by atoms with Gasteiger partial charge in [0.1, 0.15) is 5.75 Å². The Hall–Kier alpha value is -3.74. The average molecular weight is 350 g/mol. The topological polar surface area (TPSA) is 109 Å². The molecule has 0 aliphatic carbocycles. The highest BCUT2D eigenvalue weighted by molar-refractivity contribution is 5.97. The van der Waals surface area contributed by atoms with Crippen LogP contribution >= 0.6 is 0 Å². The molecule has 0 aromatic heterocycles. The molecule has 0 saturated carbocycles. The standard InChI is InChI=1S/C19H14N2O5/c1-26-17-7-6-16(14-4-2-3-5-15(14)17)21-20-13-9-11(18(22)23)8-12(10-13)19(24)25/h2-10H,1H3,(H,22,23)(H,24,25). The van der Waals surface area contributed by atoms with Crippen LogP contribution in [0.25, 0.3) is 10.8 Å². The number of rotatable bonds is 5. The fourth-order valence-electron chi connectivity index (χ4n) is 2.55. The molecular formula is C19H14N2O5. The maximum atomic E-state index is 11.2. The van der Waals surface area contributed by atoms with Gasteiger partial charge in [0.25, 0.3) is 0 Å². The van der Waals surface area contributed by atoms with E-state index in [2.05, 4.69) is 10.2 Å². The van der Waals surface area contributed by atoms with Gasteiger partial charge < -0.3 is 14.9 Å². The molecule has 0 heterocycles. The Morgan fingerprint density at radius 2 is 1.46 bits per heavy atom. The SMILES string of the molecule is COc1ccc(N=Nc2cc(C(=O)O)cc(C(=O)O)c2)c2ccccc12. The summed E-state index contributed by atoms with van der Waals surface area (Å²) in [7, 11) is 1.58. The molecule has 130 valence electrons. The minimum absolute atomic E-state index is 0.141. The minimum Gasteiger partial charge on any atom is -0.496 e. The van der Waals surface area contributed by atoms with E-state index < -0.39 is 11.9 Å². The molecule has 0 atom stereocenters. The van der Waals surface area contributed by atoms with Crippen LogP contribution < -0.4 is 4.74 Å². The van der Waals surface area contributed by atoms with Gasteiger partial charge in [-0.25, -0.2) is 9.59 Å². The third-order valence-corrected chi connectivity index (χ3v) is 3.77. The molecule has 0 spiro atoms. The Bertz CT molecular complexity index is 1010. The van der Waals surface area contributed by atoms with Crippen LogP contribution in [0.5, 0.6) is 5.75 Å². The van der Waals surface area contributed by atoms with Crippen LogP contribution in [0.2, 0.25) is 0 Å². The maximum absolute atomic E-state index is 11.2. The Balaban J connectivity index is 2.07. The van der Waals surface area contributed by atoms with Crippen LogP contribution in [-0.2, 0) is 0 Å². The van der Waals surface area contributed by atoms with E-state index in [0.29, 0.717) is 11.4 Å². The van der Waals surface area contributed by atoms with Crippen molar-refractivity contribution in [2.75, 3.05) is 7.11 Å². The number of carboxylic acids is 2. The fourth-order valence-corrected chi connectivity index (χ4v) is 2.55. The summed E-state index contributed by atoms with van der Waals surface area (Å²) in [5, 5.41) is 28.1. The highest BCUT2D eigenvalue weighted by Crippen LogP contribution is 2.34. The van der Waals surface area contributed by atoms with Crippen molar-refractivity contribution < 1.29 is 24.5 Å². The maximum Gasteiger partial charge on any atom is 0.335 e. The third-order valence-electron chi connectivity index (χ3n) is 3.77. The number of fused-ring (bicyclic) bond motifs is 1. The van der Waals surface area contributed by atoms with Gasteiger partial charge in [-0.15, -0.1) is 5.11 Å². The summed E-state index contributed by atoms with van der Waals surface area (Å²) in [6, 6.07) is 14.6. The number of benzene rings is 3. The smallest absolute Gasteiger partial charge is 0.335 e. The second kappa shape index (κ2) is 7.02. The van der Waals surface area contributed by atoms with E-state index in [-0.39, 0.29) is 16.8 Å². The number of aromatic carboxylic acids is 2. The number of carbonyl (C=O) groups is 2. The van der Waals surface area contributed by atoms with Crippen LogP contribution in [-0.4, -0.2) is 29.3 Å². The summed E-state index contributed by atoms with van der Waals surface area (Å²) in [4.78, 5) is 22.3. The van der Waals surface area contributed by atoms with Crippen LogP contribution in [0, 0.1) is 0 Å².